The zero-order chi connectivity index (χ0) is 17.7. The molecule has 0 unspecified atom stereocenters. The first-order valence-corrected chi connectivity index (χ1v) is 7.50. The maximum absolute atomic E-state index is 13.2. The minimum atomic E-state index is -1.04. The summed E-state index contributed by atoms with van der Waals surface area (Å²) >= 11 is 6.03. The fourth-order valence-corrected chi connectivity index (χ4v) is 2.40. The first kappa shape index (κ1) is 17.9. The summed E-state index contributed by atoms with van der Waals surface area (Å²) < 4.78 is 26.0. The fourth-order valence-electron chi connectivity index (χ4n) is 2.19. The molecule has 2 rings (SSSR count). The first-order chi connectivity index (χ1) is 11.4. The van der Waals surface area contributed by atoms with Gasteiger partial charge in [0.25, 0.3) is 0 Å². The number of amides is 2. The van der Waals surface area contributed by atoms with Crippen molar-refractivity contribution in [2.24, 2.45) is 5.73 Å². The normalized spacial score (nSPS) is 11.8. The van der Waals surface area contributed by atoms with Gasteiger partial charge in [0, 0.05) is 11.4 Å². The zero-order valence-corrected chi connectivity index (χ0v) is 13.3. The van der Waals surface area contributed by atoms with Crippen molar-refractivity contribution in [2.45, 2.75) is 18.9 Å². The summed E-state index contributed by atoms with van der Waals surface area (Å²) in [7, 11) is 0. The summed E-state index contributed by atoms with van der Waals surface area (Å²) in [6, 6.07) is 9.09. The molecule has 0 aliphatic heterocycles. The topological polar surface area (TPSA) is 72.2 Å². The molecule has 0 fully saturated rings. The van der Waals surface area contributed by atoms with Crippen LogP contribution in [0.3, 0.4) is 0 Å². The summed E-state index contributed by atoms with van der Waals surface area (Å²) in [4.78, 5) is 23.6. The number of hydrogen-bond acceptors (Lipinski definition) is 2. The Bertz CT molecular complexity index is 768. The maximum Gasteiger partial charge on any atom is 0.240 e. The van der Waals surface area contributed by atoms with Crippen molar-refractivity contribution in [3.8, 4) is 0 Å². The van der Waals surface area contributed by atoms with Crippen molar-refractivity contribution in [3.05, 3.63) is 70.2 Å². The van der Waals surface area contributed by atoms with E-state index in [2.05, 4.69) is 5.32 Å². The van der Waals surface area contributed by atoms with Gasteiger partial charge in [0.15, 0.2) is 11.6 Å². The molecule has 0 heterocycles. The lowest BCUT2D eigenvalue weighted by atomic mass is 10.0. The maximum atomic E-state index is 13.2. The molecule has 0 aliphatic rings. The first-order valence-electron chi connectivity index (χ1n) is 7.13. The summed E-state index contributed by atoms with van der Waals surface area (Å²) in [6.07, 6.45) is -0.0674. The minimum Gasteiger partial charge on any atom is -0.368 e. The zero-order valence-electron chi connectivity index (χ0n) is 12.6. The fraction of sp³-hybridized carbons (Fsp3) is 0.176. The van der Waals surface area contributed by atoms with Crippen molar-refractivity contribution in [2.75, 3.05) is 0 Å². The van der Waals surface area contributed by atoms with Gasteiger partial charge in [-0.3, -0.25) is 9.59 Å². The lowest BCUT2D eigenvalue weighted by Crippen LogP contribution is -2.46. The van der Waals surface area contributed by atoms with Crippen LogP contribution in [0.1, 0.15) is 11.1 Å². The molecule has 4 nitrogen and oxygen atoms in total. The molecule has 0 radical (unpaired) electrons. The average Bonchev–Trinajstić information content (AvgIpc) is 2.52. The third-order valence-electron chi connectivity index (χ3n) is 3.41. The highest BCUT2D eigenvalue weighted by atomic mass is 35.5. The van der Waals surface area contributed by atoms with Crippen LogP contribution in [-0.2, 0) is 22.4 Å². The van der Waals surface area contributed by atoms with Gasteiger partial charge >= 0.3 is 0 Å². The van der Waals surface area contributed by atoms with E-state index in [1.807, 2.05) is 0 Å². The van der Waals surface area contributed by atoms with Crippen LogP contribution in [0.5, 0.6) is 0 Å². The van der Waals surface area contributed by atoms with Crippen molar-refractivity contribution < 1.29 is 18.4 Å². The van der Waals surface area contributed by atoms with Crippen molar-refractivity contribution in [3.63, 3.8) is 0 Å². The molecule has 0 bridgehead atoms. The Hall–Kier alpha value is -2.47. The van der Waals surface area contributed by atoms with E-state index in [0.717, 1.165) is 12.1 Å². The predicted molar refractivity (Wildman–Crippen MR) is 86.3 cm³/mol. The molecule has 0 aliphatic carbocycles. The number of halogens is 3. The van der Waals surface area contributed by atoms with Crippen molar-refractivity contribution >= 4 is 23.4 Å². The number of benzene rings is 2. The minimum absolute atomic E-state index is 0.137. The summed E-state index contributed by atoms with van der Waals surface area (Å²) in [5, 5.41) is 2.94. The van der Waals surface area contributed by atoms with E-state index in [4.69, 9.17) is 17.3 Å². The summed E-state index contributed by atoms with van der Waals surface area (Å²) in [5.74, 6) is -3.28. The van der Waals surface area contributed by atoms with Crippen LogP contribution in [0.4, 0.5) is 8.78 Å². The largest absolute Gasteiger partial charge is 0.368 e. The lowest BCUT2D eigenvalue weighted by molar-refractivity contribution is -0.127. The van der Waals surface area contributed by atoms with Crippen LogP contribution in [0, 0.1) is 11.6 Å². The number of primary amides is 1. The highest BCUT2D eigenvalue weighted by Gasteiger charge is 2.20. The Morgan fingerprint density at radius 2 is 1.83 bits per heavy atom. The molecule has 2 amide bonds. The molecular weight excluding hydrogens is 338 g/mol. The van der Waals surface area contributed by atoms with Crippen molar-refractivity contribution in [1.29, 1.82) is 0 Å². The van der Waals surface area contributed by atoms with E-state index in [0.29, 0.717) is 10.6 Å². The van der Waals surface area contributed by atoms with Gasteiger partial charge in [0.1, 0.15) is 6.04 Å². The number of carbonyl (C=O) groups excluding carboxylic acids is 2. The second kappa shape index (κ2) is 7.88. The van der Waals surface area contributed by atoms with Gasteiger partial charge in [-0.15, -0.1) is 0 Å². The SMILES string of the molecule is NC(=O)[C@@H](Cc1ccccc1Cl)NC(=O)Cc1ccc(F)c(F)c1. The van der Waals surface area contributed by atoms with Crippen LogP contribution < -0.4 is 11.1 Å². The Morgan fingerprint density at radius 1 is 1.12 bits per heavy atom. The van der Waals surface area contributed by atoms with Gasteiger partial charge in [-0.05, 0) is 29.3 Å². The van der Waals surface area contributed by atoms with Gasteiger partial charge in [-0.25, -0.2) is 8.78 Å². The van der Waals surface area contributed by atoms with Gasteiger partial charge in [0.05, 0.1) is 6.42 Å². The third-order valence-corrected chi connectivity index (χ3v) is 3.78. The van der Waals surface area contributed by atoms with Crippen LogP contribution >= 0.6 is 11.6 Å². The number of hydrogen-bond donors (Lipinski definition) is 2. The molecular formula is C17H15ClF2N2O2. The van der Waals surface area contributed by atoms with Gasteiger partial charge < -0.3 is 11.1 Å². The van der Waals surface area contributed by atoms with Crippen LogP contribution in [0.2, 0.25) is 5.02 Å². The Balaban J connectivity index is 2.04. The van der Waals surface area contributed by atoms with Crippen LogP contribution in [0.25, 0.3) is 0 Å². The number of carbonyl (C=O) groups is 2. The molecule has 0 aromatic heterocycles. The van der Waals surface area contributed by atoms with E-state index in [9.17, 15) is 18.4 Å². The highest BCUT2D eigenvalue weighted by Crippen LogP contribution is 2.17. The molecule has 0 saturated carbocycles. The van der Waals surface area contributed by atoms with E-state index in [1.165, 1.54) is 6.07 Å². The Morgan fingerprint density at radius 3 is 2.46 bits per heavy atom. The number of rotatable bonds is 6. The summed E-state index contributed by atoms with van der Waals surface area (Å²) in [5.41, 5.74) is 6.26. The smallest absolute Gasteiger partial charge is 0.240 e. The Kier molecular flexibility index (Phi) is 5.87. The average molecular weight is 353 g/mol. The molecule has 126 valence electrons. The van der Waals surface area contributed by atoms with Crippen molar-refractivity contribution in [1.82, 2.24) is 5.32 Å². The number of nitrogens with two attached hydrogens (primary N) is 1. The lowest BCUT2D eigenvalue weighted by Gasteiger charge is -2.16. The van der Waals surface area contributed by atoms with Gasteiger partial charge in [-0.2, -0.15) is 0 Å². The third kappa shape index (κ3) is 4.76. The molecule has 7 heteroatoms. The van der Waals surface area contributed by atoms with E-state index < -0.39 is 29.5 Å². The van der Waals surface area contributed by atoms with Gasteiger partial charge in [0.2, 0.25) is 11.8 Å². The quantitative estimate of drug-likeness (QED) is 0.837. The highest BCUT2D eigenvalue weighted by molar-refractivity contribution is 6.31. The predicted octanol–water partition coefficient (Wildman–Crippen LogP) is 2.37. The monoisotopic (exact) mass is 352 g/mol. The molecule has 0 saturated heterocycles. The molecule has 0 spiro atoms. The molecule has 24 heavy (non-hydrogen) atoms. The molecule has 3 N–H and O–H groups in total. The summed E-state index contributed by atoms with van der Waals surface area (Å²) in [6.45, 7) is 0. The van der Waals surface area contributed by atoms with E-state index in [-0.39, 0.29) is 18.4 Å². The Labute approximate surface area is 142 Å². The molecule has 1 atom stereocenters. The van der Waals surface area contributed by atoms with E-state index >= 15 is 0 Å². The standard InChI is InChI=1S/C17H15ClF2N2O2/c18-12-4-2-1-3-11(12)9-15(17(21)24)22-16(23)8-10-5-6-13(19)14(20)7-10/h1-7,15H,8-9H2,(H2,21,24)(H,22,23)/t15-/m1/s1. The van der Waals surface area contributed by atoms with Crippen LogP contribution in [0.15, 0.2) is 42.5 Å². The second-order valence-corrected chi connectivity index (χ2v) is 5.65. The van der Waals surface area contributed by atoms with Crippen LogP contribution in [-0.4, -0.2) is 17.9 Å². The number of nitrogens with one attached hydrogen (secondary N) is 1. The molecule has 2 aromatic carbocycles. The van der Waals surface area contributed by atoms with E-state index in [1.54, 1.807) is 24.3 Å². The van der Waals surface area contributed by atoms with Gasteiger partial charge in [-0.1, -0.05) is 35.9 Å². The molecule has 2 aromatic rings. The second-order valence-electron chi connectivity index (χ2n) is 5.24.